The maximum atomic E-state index is 9.59. The zero-order valence-corrected chi connectivity index (χ0v) is 6.14. The lowest BCUT2D eigenvalue weighted by atomic mass is 10.4. The fourth-order valence-electron chi connectivity index (χ4n) is 0.421. The molecule has 0 rings (SSSR count). The third-order valence-corrected chi connectivity index (χ3v) is 0.792. The zero-order chi connectivity index (χ0) is 7.82. The Morgan fingerprint density at radius 1 is 1.80 bits per heavy atom. The largest absolute Gasteiger partial charge is 0.375 e. The molecule has 0 saturated heterocycles. The van der Waals surface area contributed by atoms with Crippen molar-refractivity contribution < 1.29 is 9.53 Å². The minimum Gasteiger partial charge on any atom is -0.375 e. The summed E-state index contributed by atoms with van der Waals surface area (Å²) in [5.74, 6) is 0. The van der Waals surface area contributed by atoms with Crippen LogP contribution in [0.2, 0.25) is 0 Å². The Labute approximate surface area is 61.1 Å². The SMILES string of the molecule is C=C(C)COCCN[C]=O. The van der Waals surface area contributed by atoms with Crippen LogP contribution in [0.25, 0.3) is 0 Å². The van der Waals surface area contributed by atoms with E-state index in [1.807, 2.05) is 6.92 Å². The molecule has 3 heteroatoms. The van der Waals surface area contributed by atoms with Crippen LogP contribution in [0.15, 0.2) is 12.2 Å². The third kappa shape index (κ3) is 7.17. The fraction of sp³-hybridized carbons (Fsp3) is 0.571. The van der Waals surface area contributed by atoms with Crippen LogP contribution in [0.4, 0.5) is 0 Å². The van der Waals surface area contributed by atoms with Crippen molar-refractivity contribution in [2.75, 3.05) is 19.8 Å². The summed E-state index contributed by atoms with van der Waals surface area (Å²) < 4.78 is 5.06. The lowest BCUT2D eigenvalue weighted by Gasteiger charge is -2.00. The summed E-state index contributed by atoms with van der Waals surface area (Å²) in [5.41, 5.74) is 0.982. The van der Waals surface area contributed by atoms with Crippen molar-refractivity contribution in [2.45, 2.75) is 6.92 Å². The lowest BCUT2D eigenvalue weighted by Crippen LogP contribution is -2.17. The van der Waals surface area contributed by atoms with Gasteiger partial charge in [0.2, 0.25) is 0 Å². The predicted octanol–water partition coefficient (Wildman–Crippen LogP) is 0.236. The normalized spacial score (nSPS) is 8.90. The smallest absolute Gasteiger partial charge is 0.309 e. The van der Waals surface area contributed by atoms with Gasteiger partial charge in [-0.25, -0.2) is 0 Å². The summed E-state index contributed by atoms with van der Waals surface area (Å²) in [6.07, 6.45) is 1.55. The van der Waals surface area contributed by atoms with Crippen molar-refractivity contribution in [1.29, 1.82) is 0 Å². The Morgan fingerprint density at radius 2 is 2.50 bits per heavy atom. The van der Waals surface area contributed by atoms with Crippen LogP contribution >= 0.6 is 0 Å². The number of hydrogen-bond donors (Lipinski definition) is 1. The monoisotopic (exact) mass is 142 g/mol. The van der Waals surface area contributed by atoms with E-state index in [9.17, 15) is 4.79 Å². The van der Waals surface area contributed by atoms with Gasteiger partial charge in [-0.15, -0.1) is 0 Å². The molecule has 0 aromatic rings. The molecule has 1 N–H and O–H groups in total. The van der Waals surface area contributed by atoms with Gasteiger partial charge in [-0.05, 0) is 6.92 Å². The minimum atomic E-state index is 0.511. The number of amides is 1. The van der Waals surface area contributed by atoms with Gasteiger partial charge in [0.1, 0.15) is 0 Å². The summed E-state index contributed by atoms with van der Waals surface area (Å²) in [4.78, 5) is 9.59. The molecule has 1 radical (unpaired) electrons. The van der Waals surface area contributed by atoms with Gasteiger partial charge in [0, 0.05) is 6.54 Å². The number of hydrogen-bond acceptors (Lipinski definition) is 2. The van der Waals surface area contributed by atoms with E-state index in [1.165, 1.54) is 0 Å². The highest BCUT2D eigenvalue weighted by Crippen LogP contribution is 1.85. The Morgan fingerprint density at radius 3 is 3.00 bits per heavy atom. The van der Waals surface area contributed by atoms with Crippen LogP contribution in [-0.4, -0.2) is 26.2 Å². The van der Waals surface area contributed by atoms with E-state index in [1.54, 1.807) is 6.41 Å². The van der Waals surface area contributed by atoms with E-state index in [0.717, 1.165) is 5.57 Å². The molecule has 0 bridgehead atoms. The number of ether oxygens (including phenoxy) is 1. The van der Waals surface area contributed by atoms with E-state index < -0.39 is 0 Å². The highest BCUT2D eigenvalue weighted by atomic mass is 16.5. The second-order valence-corrected chi connectivity index (χ2v) is 2.04. The second-order valence-electron chi connectivity index (χ2n) is 2.04. The van der Waals surface area contributed by atoms with Gasteiger partial charge in [0.25, 0.3) is 0 Å². The molecule has 0 aliphatic rings. The molecule has 0 aromatic carbocycles. The average molecular weight is 142 g/mol. The number of carbonyl (C=O) groups excluding carboxylic acids is 1. The molecule has 3 nitrogen and oxygen atoms in total. The first-order valence-electron chi connectivity index (χ1n) is 3.09. The number of nitrogens with one attached hydrogen (secondary N) is 1. The molecule has 57 valence electrons. The molecule has 0 aliphatic carbocycles. The summed E-state index contributed by atoms with van der Waals surface area (Å²) in [5, 5.41) is 2.36. The summed E-state index contributed by atoms with van der Waals surface area (Å²) in [6.45, 7) is 7.12. The van der Waals surface area contributed by atoms with Crippen LogP contribution in [0, 0.1) is 0 Å². The van der Waals surface area contributed by atoms with Crippen LogP contribution in [0.5, 0.6) is 0 Å². The first-order chi connectivity index (χ1) is 4.77. The zero-order valence-electron chi connectivity index (χ0n) is 6.14. The van der Waals surface area contributed by atoms with Crippen molar-refractivity contribution in [3.05, 3.63) is 12.2 Å². The number of rotatable bonds is 6. The van der Waals surface area contributed by atoms with E-state index in [0.29, 0.717) is 19.8 Å². The molecule has 0 heterocycles. The molecular weight excluding hydrogens is 130 g/mol. The Bertz CT molecular complexity index is 112. The lowest BCUT2D eigenvalue weighted by molar-refractivity contribution is 0.161. The third-order valence-electron chi connectivity index (χ3n) is 0.792. The molecular formula is C7H12NO2. The first kappa shape index (κ1) is 9.17. The van der Waals surface area contributed by atoms with E-state index >= 15 is 0 Å². The van der Waals surface area contributed by atoms with Gasteiger partial charge in [0.05, 0.1) is 13.2 Å². The van der Waals surface area contributed by atoms with Crippen LogP contribution in [-0.2, 0) is 9.53 Å². The summed E-state index contributed by atoms with van der Waals surface area (Å²) in [7, 11) is 0. The van der Waals surface area contributed by atoms with Gasteiger partial charge in [-0.2, -0.15) is 0 Å². The van der Waals surface area contributed by atoms with Gasteiger partial charge in [0.15, 0.2) is 0 Å². The Hall–Kier alpha value is -0.830. The second kappa shape index (κ2) is 6.29. The van der Waals surface area contributed by atoms with Crippen LogP contribution in [0.1, 0.15) is 6.92 Å². The highest BCUT2D eigenvalue weighted by molar-refractivity contribution is 5.46. The Balaban J connectivity index is 2.90. The highest BCUT2D eigenvalue weighted by Gasteiger charge is 1.86. The molecule has 0 atom stereocenters. The van der Waals surface area contributed by atoms with Crippen LogP contribution in [0.3, 0.4) is 0 Å². The summed E-state index contributed by atoms with van der Waals surface area (Å²) >= 11 is 0. The molecule has 0 unspecified atom stereocenters. The molecule has 0 saturated carbocycles. The van der Waals surface area contributed by atoms with Gasteiger partial charge >= 0.3 is 6.41 Å². The maximum absolute atomic E-state index is 9.59. The average Bonchev–Trinajstić information content (AvgIpc) is 1.87. The quantitative estimate of drug-likeness (QED) is 0.327. The van der Waals surface area contributed by atoms with Crippen molar-refractivity contribution in [2.24, 2.45) is 0 Å². The standard InChI is InChI=1S/C7H12NO2/c1-7(2)5-10-4-3-8-6-9/h1,3-5H2,2H3,(H,8,9). The topological polar surface area (TPSA) is 38.3 Å². The van der Waals surface area contributed by atoms with Crippen LogP contribution < -0.4 is 5.32 Å². The summed E-state index contributed by atoms with van der Waals surface area (Å²) in [6, 6.07) is 0. The van der Waals surface area contributed by atoms with E-state index in [4.69, 9.17) is 4.74 Å². The molecule has 0 aromatic heterocycles. The molecule has 0 aliphatic heterocycles. The van der Waals surface area contributed by atoms with Crippen molar-refractivity contribution in [3.8, 4) is 0 Å². The van der Waals surface area contributed by atoms with Crippen molar-refractivity contribution in [3.63, 3.8) is 0 Å². The maximum Gasteiger partial charge on any atom is 0.309 e. The fourth-order valence-corrected chi connectivity index (χ4v) is 0.421. The van der Waals surface area contributed by atoms with E-state index in [-0.39, 0.29) is 0 Å². The predicted molar refractivity (Wildman–Crippen MR) is 39.3 cm³/mol. The van der Waals surface area contributed by atoms with Gasteiger partial charge in [-0.3, -0.25) is 4.79 Å². The van der Waals surface area contributed by atoms with Gasteiger partial charge < -0.3 is 10.1 Å². The molecule has 1 amide bonds. The van der Waals surface area contributed by atoms with E-state index in [2.05, 4.69) is 11.9 Å². The van der Waals surface area contributed by atoms with Crippen molar-refractivity contribution in [1.82, 2.24) is 5.32 Å². The first-order valence-corrected chi connectivity index (χ1v) is 3.09. The minimum absolute atomic E-state index is 0.511. The molecule has 0 spiro atoms. The molecule has 0 fully saturated rings. The van der Waals surface area contributed by atoms with Crippen molar-refractivity contribution >= 4 is 6.41 Å². The Kier molecular flexibility index (Phi) is 5.77. The molecule has 10 heavy (non-hydrogen) atoms. The van der Waals surface area contributed by atoms with Gasteiger partial charge in [-0.1, -0.05) is 12.2 Å².